The van der Waals surface area contributed by atoms with Crippen LogP contribution in [-0.2, 0) is 9.47 Å². The Morgan fingerprint density at radius 2 is 1.89 bits per heavy atom. The number of hydrogen-bond donors (Lipinski definition) is 1. The van der Waals surface area contributed by atoms with Crippen molar-refractivity contribution in [1.82, 2.24) is 9.88 Å². The maximum Gasteiger partial charge on any atom is 0.410 e. The molecular weight excluding hydrogens is 465 g/mol. The van der Waals surface area contributed by atoms with Crippen LogP contribution < -0.4 is 10.1 Å². The molecule has 2 atom stereocenters. The van der Waals surface area contributed by atoms with Crippen molar-refractivity contribution in [2.45, 2.75) is 32.5 Å². The van der Waals surface area contributed by atoms with Gasteiger partial charge in [-0.1, -0.05) is 0 Å². The van der Waals surface area contributed by atoms with Crippen molar-refractivity contribution < 1.29 is 32.2 Å². The Kier molecular flexibility index (Phi) is 6.76. The van der Waals surface area contributed by atoms with Gasteiger partial charge in [0.1, 0.15) is 23.2 Å². The number of likely N-dealkylation sites (tertiary alicyclic amines) is 1. The van der Waals surface area contributed by atoms with E-state index in [0.717, 1.165) is 12.3 Å². The number of hydrogen-bond acceptors (Lipinski definition) is 7. The maximum atomic E-state index is 15.2. The topological polar surface area (TPSA) is 96.7 Å². The molecule has 1 aromatic heterocycles. The number of carbonyl (C=O) groups excluding carboxylic acids is 1. The van der Waals surface area contributed by atoms with E-state index in [1.165, 1.54) is 12.1 Å². The number of amides is 1. The minimum Gasteiger partial charge on any atom is -0.471 e. The fourth-order valence-electron chi connectivity index (χ4n) is 4.16. The molecule has 35 heavy (non-hydrogen) atoms. The van der Waals surface area contributed by atoms with Gasteiger partial charge in [0, 0.05) is 24.9 Å². The van der Waals surface area contributed by atoms with Crippen LogP contribution in [0.15, 0.2) is 24.4 Å². The van der Waals surface area contributed by atoms with Crippen LogP contribution in [-0.4, -0.2) is 54.0 Å². The van der Waals surface area contributed by atoms with E-state index in [1.807, 2.05) is 0 Å². The molecule has 2 bridgehead atoms. The number of ether oxygens (including phenoxy) is 3. The third-order valence-corrected chi connectivity index (χ3v) is 5.70. The van der Waals surface area contributed by atoms with Crippen molar-refractivity contribution in [3.05, 3.63) is 47.4 Å². The van der Waals surface area contributed by atoms with Crippen LogP contribution in [0.2, 0.25) is 0 Å². The Hall–Kier alpha value is -3.52. The third-order valence-electron chi connectivity index (χ3n) is 5.70. The summed E-state index contributed by atoms with van der Waals surface area (Å²) in [6.45, 7) is 6.46. The number of nitrogens with one attached hydrogen (secondary N) is 1. The van der Waals surface area contributed by atoms with Gasteiger partial charge in [0.05, 0.1) is 36.7 Å². The highest BCUT2D eigenvalue weighted by molar-refractivity contribution is 5.68. The Labute approximate surface area is 200 Å². The Morgan fingerprint density at radius 1 is 1.20 bits per heavy atom. The predicted octanol–water partition coefficient (Wildman–Crippen LogP) is 4.37. The van der Waals surface area contributed by atoms with Crippen molar-refractivity contribution in [3.8, 4) is 11.9 Å². The summed E-state index contributed by atoms with van der Waals surface area (Å²) in [7, 11) is 0. The van der Waals surface area contributed by atoms with Crippen LogP contribution in [0.5, 0.6) is 5.88 Å². The van der Waals surface area contributed by atoms with Gasteiger partial charge < -0.3 is 24.4 Å². The van der Waals surface area contributed by atoms with Gasteiger partial charge >= 0.3 is 6.09 Å². The minimum atomic E-state index is -1.12. The molecule has 1 N–H and O–H groups in total. The monoisotopic (exact) mass is 490 g/mol. The van der Waals surface area contributed by atoms with E-state index in [1.54, 1.807) is 31.7 Å². The molecule has 3 heterocycles. The predicted molar refractivity (Wildman–Crippen MR) is 119 cm³/mol. The van der Waals surface area contributed by atoms with Crippen molar-refractivity contribution in [2.75, 3.05) is 31.6 Å². The van der Waals surface area contributed by atoms with E-state index in [0.29, 0.717) is 0 Å². The standard InChI is InChI=1S/C24H25F3N4O4/c1-24(2,3)35-23(32)31-9-14-11-33-12-15(10-31)21(14)34-22-19(27)20(17(26)8-29-22)30-18-5-4-13(7-28)6-16(18)25/h4-6,8,14-15,21H,9-12H2,1-3H3,(H,29,30). The molecular formula is C24H25F3N4O4. The number of anilines is 2. The molecule has 2 aliphatic rings. The fourth-order valence-corrected chi connectivity index (χ4v) is 4.16. The summed E-state index contributed by atoms with van der Waals surface area (Å²) in [5, 5.41) is 11.3. The van der Waals surface area contributed by atoms with Gasteiger partial charge in [-0.05, 0) is 39.0 Å². The number of nitriles is 1. The highest BCUT2D eigenvalue weighted by Crippen LogP contribution is 2.35. The van der Waals surface area contributed by atoms with Gasteiger partial charge in [0.15, 0.2) is 5.82 Å². The zero-order valence-corrected chi connectivity index (χ0v) is 19.5. The van der Waals surface area contributed by atoms with Gasteiger partial charge in [-0.25, -0.2) is 18.6 Å². The van der Waals surface area contributed by atoms with Gasteiger partial charge in [0.25, 0.3) is 5.88 Å². The quantitative estimate of drug-likeness (QED) is 0.680. The molecule has 186 valence electrons. The second kappa shape index (κ2) is 9.62. The van der Waals surface area contributed by atoms with E-state index in [4.69, 9.17) is 19.5 Å². The molecule has 2 saturated heterocycles. The van der Waals surface area contributed by atoms with E-state index in [2.05, 4.69) is 10.3 Å². The van der Waals surface area contributed by atoms with Crippen LogP contribution in [0.1, 0.15) is 26.3 Å². The summed E-state index contributed by atoms with van der Waals surface area (Å²) in [6, 6.07) is 5.27. The Morgan fingerprint density at radius 3 is 2.49 bits per heavy atom. The zero-order chi connectivity index (χ0) is 25.3. The van der Waals surface area contributed by atoms with Crippen molar-refractivity contribution in [1.29, 1.82) is 5.26 Å². The number of pyridine rings is 1. The van der Waals surface area contributed by atoms with E-state index < -0.39 is 46.8 Å². The molecule has 0 radical (unpaired) electrons. The molecule has 2 aliphatic heterocycles. The summed E-state index contributed by atoms with van der Waals surface area (Å²) in [4.78, 5) is 17.9. The van der Waals surface area contributed by atoms with Crippen LogP contribution in [0.3, 0.4) is 0 Å². The van der Waals surface area contributed by atoms with E-state index in [9.17, 15) is 13.6 Å². The smallest absolute Gasteiger partial charge is 0.410 e. The molecule has 11 heteroatoms. The van der Waals surface area contributed by atoms with Gasteiger partial charge in [-0.15, -0.1) is 0 Å². The average molecular weight is 490 g/mol. The first-order valence-electron chi connectivity index (χ1n) is 11.1. The number of benzene rings is 1. The van der Waals surface area contributed by atoms with E-state index >= 15 is 4.39 Å². The Balaban J connectivity index is 1.53. The lowest BCUT2D eigenvalue weighted by Crippen LogP contribution is -2.59. The van der Waals surface area contributed by atoms with Crippen LogP contribution in [0.25, 0.3) is 0 Å². The zero-order valence-electron chi connectivity index (χ0n) is 19.5. The number of fused-ring (bicyclic) bond motifs is 2. The molecule has 2 unspecified atom stereocenters. The summed E-state index contributed by atoms with van der Waals surface area (Å²) < 4.78 is 60.9. The first-order chi connectivity index (χ1) is 16.6. The average Bonchev–Trinajstić information content (AvgIpc) is 2.77. The van der Waals surface area contributed by atoms with Crippen molar-refractivity contribution in [3.63, 3.8) is 0 Å². The molecule has 0 saturated carbocycles. The summed E-state index contributed by atoms with van der Waals surface area (Å²) >= 11 is 0. The second-order valence-electron chi connectivity index (χ2n) is 9.56. The minimum absolute atomic E-state index is 0.0687. The van der Waals surface area contributed by atoms with Gasteiger partial charge in [0.2, 0.25) is 5.82 Å². The molecule has 0 spiro atoms. The number of rotatable bonds is 4. The van der Waals surface area contributed by atoms with Crippen molar-refractivity contribution >= 4 is 17.5 Å². The molecule has 2 fully saturated rings. The SMILES string of the molecule is CC(C)(C)OC(=O)N1CC2COCC(C1)C2Oc1ncc(F)c(Nc2ccc(C#N)cc2F)c1F. The van der Waals surface area contributed by atoms with Crippen molar-refractivity contribution in [2.24, 2.45) is 11.8 Å². The maximum absolute atomic E-state index is 15.2. The number of carbonyl (C=O) groups is 1. The second-order valence-corrected chi connectivity index (χ2v) is 9.56. The number of aromatic nitrogens is 1. The summed E-state index contributed by atoms with van der Waals surface area (Å²) in [5.41, 5.74) is -1.42. The first kappa shape index (κ1) is 24.6. The molecule has 0 aliphatic carbocycles. The van der Waals surface area contributed by atoms with Crippen LogP contribution >= 0.6 is 0 Å². The number of halogens is 3. The lowest BCUT2D eigenvalue weighted by molar-refractivity contribution is -0.114. The number of piperidine rings is 1. The van der Waals surface area contributed by atoms with Gasteiger partial charge in [-0.3, -0.25) is 0 Å². The van der Waals surface area contributed by atoms with Gasteiger partial charge in [-0.2, -0.15) is 9.65 Å². The molecule has 1 aromatic carbocycles. The highest BCUT2D eigenvalue weighted by atomic mass is 19.1. The summed E-state index contributed by atoms with van der Waals surface area (Å²) in [6.07, 6.45) is -0.200. The number of nitrogens with zero attached hydrogens (tertiary/aromatic N) is 3. The molecule has 4 rings (SSSR count). The molecule has 8 nitrogen and oxygen atoms in total. The highest BCUT2D eigenvalue weighted by Gasteiger charge is 2.45. The lowest BCUT2D eigenvalue weighted by atomic mass is 9.84. The van der Waals surface area contributed by atoms with Crippen LogP contribution in [0, 0.1) is 40.6 Å². The lowest BCUT2D eigenvalue weighted by Gasteiger charge is -2.46. The first-order valence-corrected chi connectivity index (χ1v) is 11.1. The van der Waals surface area contributed by atoms with Crippen LogP contribution in [0.4, 0.5) is 29.3 Å². The summed E-state index contributed by atoms with van der Waals surface area (Å²) in [5.74, 6) is -4.02. The normalized spacial score (nSPS) is 21.7. The third kappa shape index (κ3) is 5.43. The fraction of sp³-hybridized carbons (Fsp3) is 0.458. The molecule has 2 aromatic rings. The largest absolute Gasteiger partial charge is 0.471 e. The molecule has 1 amide bonds. The van der Waals surface area contributed by atoms with E-state index in [-0.39, 0.29) is 49.4 Å². The Bertz CT molecular complexity index is 1150.